The van der Waals surface area contributed by atoms with E-state index in [1.807, 2.05) is 0 Å². The Kier molecular flexibility index (Phi) is 3.92. The van der Waals surface area contributed by atoms with Crippen LogP contribution >= 0.6 is 15.9 Å². The average molecular weight is 302 g/mol. The van der Waals surface area contributed by atoms with Gasteiger partial charge in [0.25, 0.3) is 0 Å². The van der Waals surface area contributed by atoms with Crippen molar-refractivity contribution in [2.75, 3.05) is 0 Å². The summed E-state index contributed by atoms with van der Waals surface area (Å²) in [5.41, 5.74) is 0.751. The Bertz CT molecular complexity index is 434. The van der Waals surface area contributed by atoms with Gasteiger partial charge in [-0.3, -0.25) is 4.99 Å². The fourth-order valence-electron chi connectivity index (χ4n) is 2.16. The van der Waals surface area contributed by atoms with E-state index in [1.165, 1.54) is 18.6 Å². The molecule has 1 atom stereocenters. The molecule has 0 bridgehead atoms. The maximum atomic E-state index is 13.6. The standard InChI is InChI=1S/C13H14BrF2N/c1-8-3-2-4-10(5-8)17-13-11(15)6-9(14)7-12(13)16/h6-8H,2-5H2,1H3/t8-/m1/s1. The van der Waals surface area contributed by atoms with Gasteiger partial charge in [-0.25, -0.2) is 8.78 Å². The van der Waals surface area contributed by atoms with Crippen molar-refractivity contribution in [1.29, 1.82) is 0 Å². The highest BCUT2D eigenvalue weighted by atomic mass is 79.9. The van der Waals surface area contributed by atoms with Crippen LogP contribution in [0.15, 0.2) is 21.6 Å². The van der Waals surface area contributed by atoms with Crippen LogP contribution in [-0.2, 0) is 0 Å². The van der Waals surface area contributed by atoms with E-state index in [2.05, 4.69) is 27.8 Å². The molecule has 0 spiro atoms. The summed E-state index contributed by atoms with van der Waals surface area (Å²) in [6, 6.07) is 2.49. The molecule has 1 nitrogen and oxygen atoms in total. The number of nitrogens with zero attached hydrogens (tertiary/aromatic N) is 1. The first-order valence-electron chi connectivity index (χ1n) is 5.77. The molecule has 4 heteroatoms. The third kappa shape index (κ3) is 3.12. The fraction of sp³-hybridized carbons (Fsp3) is 0.462. The minimum Gasteiger partial charge on any atom is -0.252 e. The predicted octanol–water partition coefficient (Wildman–Crippen LogP) is 5.01. The predicted molar refractivity (Wildman–Crippen MR) is 68.8 cm³/mol. The van der Waals surface area contributed by atoms with Gasteiger partial charge in [0.15, 0.2) is 11.6 Å². The summed E-state index contributed by atoms with van der Waals surface area (Å²) in [6.45, 7) is 2.14. The number of aliphatic imine (C=N–C) groups is 1. The summed E-state index contributed by atoms with van der Waals surface area (Å²) in [7, 11) is 0. The monoisotopic (exact) mass is 301 g/mol. The van der Waals surface area contributed by atoms with Gasteiger partial charge in [-0.2, -0.15) is 0 Å². The number of rotatable bonds is 1. The molecule has 0 aromatic heterocycles. The Labute approximate surface area is 108 Å². The van der Waals surface area contributed by atoms with E-state index in [9.17, 15) is 8.78 Å². The smallest absolute Gasteiger partial charge is 0.152 e. The van der Waals surface area contributed by atoms with Gasteiger partial charge in [-0.15, -0.1) is 0 Å². The number of halogens is 3. The molecular formula is C13H14BrF2N. The maximum absolute atomic E-state index is 13.6. The molecular weight excluding hydrogens is 288 g/mol. The van der Waals surface area contributed by atoms with Crippen molar-refractivity contribution >= 4 is 27.3 Å². The van der Waals surface area contributed by atoms with Crippen molar-refractivity contribution in [3.05, 3.63) is 28.2 Å². The van der Waals surface area contributed by atoms with Crippen molar-refractivity contribution in [2.45, 2.75) is 32.6 Å². The molecule has 17 heavy (non-hydrogen) atoms. The van der Waals surface area contributed by atoms with Crippen LogP contribution in [0.3, 0.4) is 0 Å². The van der Waals surface area contributed by atoms with Crippen molar-refractivity contribution in [3.8, 4) is 0 Å². The summed E-state index contributed by atoms with van der Waals surface area (Å²) in [6.07, 6.45) is 3.91. The normalized spacial score (nSPS) is 23.1. The zero-order chi connectivity index (χ0) is 12.4. The lowest BCUT2D eigenvalue weighted by Gasteiger charge is -2.19. The van der Waals surface area contributed by atoms with Crippen LogP contribution in [0.4, 0.5) is 14.5 Å². The molecule has 0 amide bonds. The summed E-state index contributed by atoms with van der Waals surface area (Å²) >= 11 is 3.05. The molecule has 1 fully saturated rings. The lowest BCUT2D eigenvalue weighted by Crippen LogP contribution is -2.12. The maximum Gasteiger partial charge on any atom is 0.152 e. The molecule has 1 aliphatic rings. The molecule has 0 N–H and O–H groups in total. The van der Waals surface area contributed by atoms with Gasteiger partial charge >= 0.3 is 0 Å². The van der Waals surface area contributed by atoms with Crippen LogP contribution in [0.1, 0.15) is 32.6 Å². The molecule has 1 aromatic carbocycles. The topological polar surface area (TPSA) is 12.4 Å². The summed E-state index contributed by atoms with van der Waals surface area (Å²) in [5.74, 6) is -0.658. The third-order valence-corrected chi connectivity index (χ3v) is 3.46. The Morgan fingerprint density at radius 1 is 1.29 bits per heavy atom. The van der Waals surface area contributed by atoms with Crippen LogP contribution in [0.25, 0.3) is 0 Å². The van der Waals surface area contributed by atoms with E-state index >= 15 is 0 Å². The summed E-state index contributed by atoms with van der Waals surface area (Å²) in [5, 5.41) is 0. The van der Waals surface area contributed by atoms with Gasteiger partial charge in [0.2, 0.25) is 0 Å². The number of hydrogen-bond acceptors (Lipinski definition) is 1. The van der Waals surface area contributed by atoms with Gasteiger partial charge < -0.3 is 0 Å². The molecule has 0 aliphatic heterocycles. The average Bonchev–Trinajstić information content (AvgIpc) is 2.23. The Morgan fingerprint density at radius 3 is 2.53 bits per heavy atom. The Hall–Kier alpha value is -0.770. The SMILES string of the molecule is C[C@@H]1CCCC(=Nc2c(F)cc(Br)cc2F)C1. The van der Waals surface area contributed by atoms with Crippen molar-refractivity contribution in [2.24, 2.45) is 10.9 Å². The summed E-state index contributed by atoms with van der Waals surface area (Å²) in [4.78, 5) is 4.15. The van der Waals surface area contributed by atoms with Gasteiger partial charge in [0.05, 0.1) is 0 Å². The van der Waals surface area contributed by atoms with Gasteiger partial charge in [0, 0.05) is 10.2 Å². The molecule has 0 heterocycles. The Morgan fingerprint density at radius 2 is 1.94 bits per heavy atom. The second kappa shape index (κ2) is 5.25. The van der Waals surface area contributed by atoms with E-state index in [1.54, 1.807) is 0 Å². The van der Waals surface area contributed by atoms with E-state index < -0.39 is 11.6 Å². The first-order chi connectivity index (χ1) is 8.06. The minimum absolute atomic E-state index is 0.155. The van der Waals surface area contributed by atoms with Crippen LogP contribution < -0.4 is 0 Å². The van der Waals surface area contributed by atoms with Crippen LogP contribution in [-0.4, -0.2) is 5.71 Å². The van der Waals surface area contributed by atoms with Crippen LogP contribution in [0.5, 0.6) is 0 Å². The van der Waals surface area contributed by atoms with Gasteiger partial charge in [0.1, 0.15) is 5.69 Å². The minimum atomic E-state index is -0.609. The molecule has 2 rings (SSSR count). The highest BCUT2D eigenvalue weighted by Crippen LogP contribution is 2.29. The molecule has 92 valence electrons. The largest absolute Gasteiger partial charge is 0.252 e. The first kappa shape index (κ1) is 12.7. The second-order valence-corrected chi connectivity index (χ2v) is 5.51. The zero-order valence-electron chi connectivity index (χ0n) is 9.64. The second-order valence-electron chi connectivity index (χ2n) is 4.60. The quantitative estimate of drug-likeness (QED) is 0.691. The van der Waals surface area contributed by atoms with E-state index in [0.717, 1.165) is 25.0 Å². The Balaban J connectivity index is 2.31. The number of hydrogen-bond donors (Lipinski definition) is 0. The first-order valence-corrected chi connectivity index (χ1v) is 6.56. The summed E-state index contributed by atoms with van der Waals surface area (Å²) < 4.78 is 27.6. The van der Waals surface area contributed by atoms with Crippen LogP contribution in [0, 0.1) is 17.6 Å². The van der Waals surface area contributed by atoms with E-state index in [-0.39, 0.29) is 5.69 Å². The lowest BCUT2D eigenvalue weighted by molar-refractivity contribution is 0.499. The van der Waals surface area contributed by atoms with E-state index in [0.29, 0.717) is 10.4 Å². The third-order valence-electron chi connectivity index (χ3n) is 3.00. The highest BCUT2D eigenvalue weighted by Gasteiger charge is 2.16. The molecule has 0 saturated heterocycles. The van der Waals surface area contributed by atoms with E-state index in [4.69, 9.17) is 0 Å². The van der Waals surface area contributed by atoms with Crippen LogP contribution in [0.2, 0.25) is 0 Å². The zero-order valence-corrected chi connectivity index (χ0v) is 11.2. The van der Waals surface area contributed by atoms with Crippen molar-refractivity contribution < 1.29 is 8.78 Å². The molecule has 1 aromatic rings. The molecule has 0 radical (unpaired) electrons. The van der Waals surface area contributed by atoms with Crippen molar-refractivity contribution in [3.63, 3.8) is 0 Å². The van der Waals surface area contributed by atoms with Crippen molar-refractivity contribution in [1.82, 2.24) is 0 Å². The number of benzene rings is 1. The lowest BCUT2D eigenvalue weighted by atomic mass is 9.89. The van der Waals surface area contributed by atoms with Gasteiger partial charge in [-0.05, 0) is 43.7 Å². The fourth-order valence-corrected chi connectivity index (χ4v) is 2.56. The molecule has 1 saturated carbocycles. The molecule has 0 unspecified atom stereocenters. The molecule has 1 aliphatic carbocycles. The van der Waals surface area contributed by atoms with Gasteiger partial charge in [-0.1, -0.05) is 22.9 Å². The highest BCUT2D eigenvalue weighted by molar-refractivity contribution is 9.10.